The van der Waals surface area contributed by atoms with E-state index in [1.54, 1.807) is 13.2 Å². The van der Waals surface area contributed by atoms with Crippen LogP contribution in [-0.4, -0.2) is 24.5 Å². The monoisotopic (exact) mass is 330 g/mol. The number of carbonyl (C=O) groups is 2. The first-order chi connectivity index (χ1) is 11.5. The van der Waals surface area contributed by atoms with E-state index in [2.05, 4.69) is 5.32 Å². The summed E-state index contributed by atoms with van der Waals surface area (Å²) < 4.78 is 10.9. The van der Waals surface area contributed by atoms with Gasteiger partial charge in [-0.15, -0.1) is 0 Å². The van der Waals surface area contributed by atoms with Crippen molar-refractivity contribution in [1.29, 1.82) is 0 Å². The van der Waals surface area contributed by atoms with Crippen LogP contribution < -0.4 is 15.8 Å². The van der Waals surface area contributed by atoms with Gasteiger partial charge in [0.15, 0.2) is 5.76 Å². The molecule has 0 saturated heterocycles. The predicted molar refractivity (Wildman–Crippen MR) is 90.0 cm³/mol. The fraction of sp³-hybridized carbons (Fsp3) is 0.444. The van der Waals surface area contributed by atoms with E-state index in [1.165, 1.54) is 0 Å². The minimum Gasteiger partial charge on any atom is -0.497 e. The van der Waals surface area contributed by atoms with Crippen LogP contribution in [0.1, 0.15) is 48.2 Å². The van der Waals surface area contributed by atoms with Gasteiger partial charge in [-0.1, -0.05) is 19.3 Å². The second-order valence-electron chi connectivity index (χ2n) is 6.38. The third kappa shape index (κ3) is 2.72. The third-order valence-corrected chi connectivity index (χ3v) is 4.88. The van der Waals surface area contributed by atoms with E-state index >= 15 is 0 Å². The van der Waals surface area contributed by atoms with Gasteiger partial charge in [-0.3, -0.25) is 9.59 Å². The summed E-state index contributed by atoms with van der Waals surface area (Å²) >= 11 is 0. The summed E-state index contributed by atoms with van der Waals surface area (Å²) in [5, 5.41) is 3.69. The van der Waals surface area contributed by atoms with Gasteiger partial charge in [-0.05, 0) is 31.9 Å². The molecule has 1 saturated carbocycles. The van der Waals surface area contributed by atoms with E-state index in [0.29, 0.717) is 24.2 Å². The van der Waals surface area contributed by atoms with E-state index in [-0.39, 0.29) is 5.76 Å². The Balaban J connectivity index is 1.93. The van der Waals surface area contributed by atoms with Crippen LogP contribution in [0.2, 0.25) is 0 Å². The van der Waals surface area contributed by atoms with Crippen LogP contribution in [0.5, 0.6) is 5.75 Å². The van der Waals surface area contributed by atoms with Crippen molar-refractivity contribution in [3.8, 4) is 5.75 Å². The number of rotatable bonds is 4. The Bertz CT molecular complexity index is 788. The number of nitrogens with one attached hydrogen (secondary N) is 1. The molecule has 0 radical (unpaired) electrons. The van der Waals surface area contributed by atoms with Gasteiger partial charge in [0.2, 0.25) is 5.91 Å². The summed E-state index contributed by atoms with van der Waals surface area (Å²) in [5.74, 6) is -0.0112. The van der Waals surface area contributed by atoms with E-state index < -0.39 is 17.4 Å². The van der Waals surface area contributed by atoms with Gasteiger partial charge in [0.25, 0.3) is 5.91 Å². The van der Waals surface area contributed by atoms with Crippen molar-refractivity contribution >= 4 is 22.8 Å². The smallest absolute Gasteiger partial charge is 0.288 e. The lowest BCUT2D eigenvalue weighted by Gasteiger charge is -2.34. The molecule has 3 rings (SSSR count). The first-order valence-corrected chi connectivity index (χ1v) is 8.16. The molecule has 1 fully saturated rings. The van der Waals surface area contributed by atoms with Crippen molar-refractivity contribution in [2.45, 2.75) is 44.6 Å². The second kappa shape index (κ2) is 6.19. The zero-order chi connectivity index (χ0) is 17.3. The number of benzene rings is 1. The molecule has 0 atom stereocenters. The number of aryl methyl sites for hydroxylation is 1. The Hall–Kier alpha value is -2.50. The minimum atomic E-state index is -0.974. The number of hydrogen-bond acceptors (Lipinski definition) is 4. The van der Waals surface area contributed by atoms with E-state index in [1.807, 2.05) is 19.1 Å². The fourth-order valence-electron chi connectivity index (χ4n) is 3.41. The van der Waals surface area contributed by atoms with Crippen molar-refractivity contribution in [2.75, 3.05) is 7.11 Å². The molecular weight excluding hydrogens is 308 g/mol. The quantitative estimate of drug-likeness (QED) is 0.901. The molecule has 2 amide bonds. The van der Waals surface area contributed by atoms with Crippen molar-refractivity contribution in [3.63, 3.8) is 0 Å². The first kappa shape index (κ1) is 16.4. The first-order valence-electron chi connectivity index (χ1n) is 8.16. The highest BCUT2D eigenvalue weighted by Crippen LogP contribution is 2.31. The summed E-state index contributed by atoms with van der Waals surface area (Å²) in [7, 11) is 1.57. The molecule has 1 aromatic carbocycles. The third-order valence-electron chi connectivity index (χ3n) is 4.88. The summed E-state index contributed by atoms with van der Waals surface area (Å²) in [6.07, 6.45) is 3.94. The van der Waals surface area contributed by atoms with Gasteiger partial charge in [0.1, 0.15) is 16.9 Å². The molecule has 6 nitrogen and oxygen atoms in total. The SMILES string of the molecule is COc1ccc2c(C)c(C(=O)NC3(C(N)=O)CCCCC3)oc2c1. The van der Waals surface area contributed by atoms with Crippen LogP contribution in [0.3, 0.4) is 0 Å². The van der Waals surface area contributed by atoms with Crippen LogP contribution in [0.4, 0.5) is 0 Å². The van der Waals surface area contributed by atoms with Gasteiger partial charge >= 0.3 is 0 Å². The van der Waals surface area contributed by atoms with Crippen LogP contribution in [0.25, 0.3) is 11.0 Å². The number of ether oxygens (including phenoxy) is 1. The molecule has 1 aliphatic carbocycles. The Labute approximate surface area is 140 Å². The van der Waals surface area contributed by atoms with Gasteiger partial charge in [0.05, 0.1) is 7.11 Å². The average Bonchev–Trinajstić information content (AvgIpc) is 2.92. The maximum atomic E-state index is 12.7. The molecule has 0 unspecified atom stereocenters. The zero-order valence-corrected chi connectivity index (χ0v) is 14.0. The number of carbonyl (C=O) groups excluding carboxylic acids is 2. The number of methoxy groups -OCH3 is 1. The second-order valence-corrected chi connectivity index (χ2v) is 6.38. The maximum absolute atomic E-state index is 12.7. The van der Waals surface area contributed by atoms with E-state index in [4.69, 9.17) is 14.9 Å². The predicted octanol–water partition coefficient (Wildman–Crippen LogP) is 2.67. The largest absolute Gasteiger partial charge is 0.497 e. The lowest BCUT2D eigenvalue weighted by molar-refractivity contribution is -0.125. The molecule has 24 heavy (non-hydrogen) atoms. The Morgan fingerprint density at radius 2 is 1.96 bits per heavy atom. The van der Waals surface area contributed by atoms with Crippen molar-refractivity contribution in [2.24, 2.45) is 5.73 Å². The normalized spacial score (nSPS) is 16.8. The lowest BCUT2D eigenvalue weighted by atomic mass is 9.81. The van der Waals surface area contributed by atoms with Crippen molar-refractivity contribution < 1.29 is 18.7 Å². The lowest BCUT2D eigenvalue weighted by Crippen LogP contribution is -2.58. The number of amides is 2. The number of nitrogens with two attached hydrogens (primary N) is 1. The van der Waals surface area contributed by atoms with E-state index in [0.717, 1.165) is 30.2 Å². The topological polar surface area (TPSA) is 94.6 Å². The standard InChI is InChI=1S/C18H22N2O4/c1-11-13-7-6-12(23-2)10-14(13)24-15(11)16(21)20-18(17(19)22)8-4-3-5-9-18/h6-7,10H,3-5,8-9H2,1-2H3,(H2,19,22)(H,20,21). The molecule has 1 aromatic heterocycles. The fourth-order valence-corrected chi connectivity index (χ4v) is 3.41. The average molecular weight is 330 g/mol. The van der Waals surface area contributed by atoms with Crippen molar-refractivity contribution in [3.05, 3.63) is 29.5 Å². The van der Waals surface area contributed by atoms with Crippen LogP contribution in [0, 0.1) is 6.92 Å². The van der Waals surface area contributed by atoms with Crippen LogP contribution >= 0.6 is 0 Å². The number of fused-ring (bicyclic) bond motifs is 1. The van der Waals surface area contributed by atoms with Gasteiger partial charge in [0, 0.05) is 17.0 Å². The highest BCUT2D eigenvalue weighted by Gasteiger charge is 2.40. The molecule has 0 bridgehead atoms. The molecule has 0 aliphatic heterocycles. The Morgan fingerprint density at radius 3 is 2.58 bits per heavy atom. The van der Waals surface area contributed by atoms with Crippen molar-refractivity contribution in [1.82, 2.24) is 5.32 Å². The molecular formula is C18H22N2O4. The van der Waals surface area contributed by atoms with Gasteiger partial charge < -0.3 is 20.2 Å². The van der Waals surface area contributed by atoms with Gasteiger partial charge in [-0.2, -0.15) is 0 Å². The van der Waals surface area contributed by atoms with Crippen LogP contribution in [0.15, 0.2) is 22.6 Å². The highest BCUT2D eigenvalue weighted by atomic mass is 16.5. The molecule has 0 spiro atoms. The Kier molecular flexibility index (Phi) is 4.22. The minimum absolute atomic E-state index is 0.212. The van der Waals surface area contributed by atoms with Crippen LogP contribution in [-0.2, 0) is 4.79 Å². The molecule has 1 aliphatic rings. The molecule has 128 valence electrons. The maximum Gasteiger partial charge on any atom is 0.288 e. The number of furan rings is 1. The summed E-state index contributed by atoms with van der Waals surface area (Å²) in [5.41, 5.74) is 5.92. The Morgan fingerprint density at radius 1 is 1.25 bits per heavy atom. The van der Waals surface area contributed by atoms with E-state index in [9.17, 15) is 9.59 Å². The van der Waals surface area contributed by atoms with Gasteiger partial charge in [-0.25, -0.2) is 0 Å². The number of primary amides is 1. The zero-order valence-electron chi connectivity index (χ0n) is 14.0. The highest BCUT2D eigenvalue weighted by molar-refractivity contribution is 6.02. The number of hydrogen-bond donors (Lipinski definition) is 2. The molecule has 3 N–H and O–H groups in total. The summed E-state index contributed by atoms with van der Waals surface area (Å²) in [6.45, 7) is 1.82. The molecule has 6 heteroatoms. The summed E-state index contributed by atoms with van der Waals surface area (Å²) in [6, 6.07) is 5.41. The molecule has 2 aromatic rings. The molecule has 1 heterocycles. The summed E-state index contributed by atoms with van der Waals surface area (Å²) in [4.78, 5) is 24.7.